The van der Waals surface area contributed by atoms with Gasteiger partial charge in [0.05, 0.1) is 58.9 Å². The Morgan fingerprint density at radius 1 is 0.714 bits per heavy atom. The highest BCUT2D eigenvalue weighted by molar-refractivity contribution is 5.86. The first-order valence-electron chi connectivity index (χ1n) is 14.6. The van der Waals surface area contributed by atoms with Crippen molar-refractivity contribution in [1.82, 2.24) is 14.7 Å². The fourth-order valence-electron chi connectivity index (χ4n) is 5.93. The predicted octanol–water partition coefficient (Wildman–Crippen LogP) is 2.29. The molecule has 3 aliphatic rings. The number of ether oxygens (including phenoxy) is 4. The lowest BCUT2D eigenvalue weighted by Crippen LogP contribution is -2.52. The number of carbonyl (C=O) groups is 3. The molecule has 11 nitrogen and oxygen atoms in total. The third kappa shape index (κ3) is 7.27. The molecule has 1 unspecified atom stereocenters. The van der Waals surface area contributed by atoms with E-state index < -0.39 is 31.0 Å². The minimum atomic E-state index is -1.33. The van der Waals surface area contributed by atoms with Crippen LogP contribution in [0.25, 0.3) is 11.1 Å². The van der Waals surface area contributed by atoms with Gasteiger partial charge in [-0.2, -0.15) is 0 Å². The molecule has 2 bridgehead atoms. The summed E-state index contributed by atoms with van der Waals surface area (Å²) in [5.74, 6) is -0.781. The number of amides is 3. The van der Waals surface area contributed by atoms with Gasteiger partial charge in [-0.3, -0.25) is 14.5 Å². The Morgan fingerprint density at radius 3 is 1.83 bits per heavy atom. The van der Waals surface area contributed by atoms with Crippen LogP contribution in [0, 0.1) is 0 Å². The summed E-state index contributed by atoms with van der Waals surface area (Å²) in [7, 11) is 0. The van der Waals surface area contributed by atoms with E-state index in [2.05, 4.69) is 24.3 Å². The molecule has 0 spiro atoms. The van der Waals surface area contributed by atoms with Gasteiger partial charge in [0.2, 0.25) is 11.8 Å². The van der Waals surface area contributed by atoms with E-state index in [-0.39, 0.29) is 58.0 Å². The van der Waals surface area contributed by atoms with Gasteiger partial charge in [-0.25, -0.2) is 4.79 Å². The molecule has 5 rings (SSSR count). The highest BCUT2D eigenvalue weighted by atomic mass is 16.5. The first kappa shape index (κ1) is 30.0. The Morgan fingerprint density at radius 2 is 1.24 bits per heavy atom. The summed E-state index contributed by atoms with van der Waals surface area (Å²) in [6.07, 6.45) is -0.760. The molecular formula is C31H39N3O8. The van der Waals surface area contributed by atoms with Gasteiger partial charge < -0.3 is 33.9 Å². The van der Waals surface area contributed by atoms with Crippen molar-refractivity contribution in [2.45, 2.75) is 18.4 Å². The highest BCUT2D eigenvalue weighted by Gasteiger charge is 2.35. The maximum absolute atomic E-state index is 13.9. The summed E-state index contributed by atoms with van der Waals surface area (Å²) in [5, 5.41) is 9.96. The zero-order valence-electron chi connectivity index (χ0n) is 23.8. The van der Waals surface area contributed by atoms with Crippen molar-refractivity contribution in [3.63, 3.8) is 0 Å². The van der Waals surface area contributed by atoms with Crippen LogP contribution < -0.4 is 0 Å². The molecule has 1 atom stereocenters. The highest BCUT2D eigenvalue weighted by Crippen LogP contribution is 2.47. The summed E-state index contributed by atoms with van der Waals surface area (Å²) < 4.78 is 23.3. The number of benzene rings is 2. The van der Waals surface area contributed by atoms with Crippen LogP contribution in [0.4, 0.5) is 4.79 Å². The summed E-state index contributed by atoms with van der Waals surface area (Å²) in [6.45, 7) is 2.30. The van der Waals surface area contributed by atoms with E-state index in [9.17, 15) is 19.5 Å². The summed E-state index contributed by atoms with van der Waals surface area (Å²) in [4.78, 5) is 43.3. The van der Waals surface area contributed by atoms with Gasteiger partial charge in [0.15, 0.2) is 0 Å². The van der Waals surface area contributed by atoms with Crippen molar-refractivity contribution in [2.75, 3.05) is 85.6 Å². The second-order valence-corrected chi connectivity index (χ2v) is 10.6. The quantitative estimate of drug-likeness (QED) is 0.537. The largest absolute Gasteiger partial charge is 0.465 e. The van der Waals surface area contributed by atoms with Crippen molar-refractivity contribution >= 4 is 17.9 Å². The van der Waals surface area contributed by atoms with E-state index in [1.165, 1.54) is 27.2 Å². The van der Waals surface area contributed by atoms with E-state index >= 15 is 0 Å². The zero-order valence-corrected chi connectivity index (χ0v) is 23.8. The Bertz CT molecular complexity index is 1190. The van der Waals surface area contributed by atoms with Gasteiger partial charge in [-0.05, 0) is 28.7 Å². The smallest absolute Gasteiger partial charge is 0.408 e. The Hall–Kier alpha value is -3.51. The second kappa shape index (κ2) is 14.6. The number of nitrogens with zero attached hydrogens (tertiary/aromatic N) is 3. The molecule has 2 aliphatic heterocycles. The first-order valence-corrected chi connectivity index (χ1v) is 14.6. The van der Waals surface area contributed by atoms with Crippen LogP contribution in [-0.2, 0) is 28.5 Å². The van der Waals surface area contributed by atoms with Crippen LogP contribution in [0.3, 0.4) is 0 Å². The molecule has 42 heavy (non-hydrogen) atoms. The molecule has 226 valence electrons. The first-order chi connectivity index (χ1) is 20.5. The molecule has 2 heterocycles. The lowest BCUT2D eigenvalue weighted by atomic mass is 9.89. The monoisotopic (exact) mass is 581 g/mol. The van der Waals surface area contributed by atoms with E-state index in [0.717, 1.165) is 4.90 Å². The van der Waals surface area contributed by atoms with Crippen molar-refractivity contribution < 1.29 is 38.4 Å². The van der Waals surface area contributed by atoms with Gasteiger partial charge in [-0.1, -0.05) is 48.5 Å². The average Bonchev–Trinajstić information content (AvgIpc) is 3.30. The maximum Gasteiger partial charge on any atom is 0.408 e. The molecule has 11 heteroatoms. The lowest BCUT2D eigenvalue weighted by molar-refractivity contribution is -0.138. The maximum atomic E-state index is 13.9. The third-order valence-electron chi connectivity index (χ3n) is 8.05. The second-order valence-electron chi connectivity index (χ2n) is 10.6. The molecule has 0 saturated carbocycles. The minimum Gasteiger partial charge on any atom is -0.465 e. The van der Waals surface area contributed by atoms with Crippen LogP contribution in [0.5, 0.6) is 0 Å². The summed E-state index contributed by atoms with van der Waals surface area (Å²) in [5.41, 5.74) is 4.73. The van der Waals surface area contributed by atoms with Gasteiger partial charge in [-0.15, -0.1) is 0 Å². The standard InChI is InChI=1S/C31H39N3O8/c35-29-20-33(31(37)38)21-30(36)34-11-14-41-16-15-39-12-9-32(29)10-13-40-17-18-42-22-23(34)19-28-26-7-3-1-5-24(26)25-6-2-4-8-27(25)28/h1-8,23,28H,9-22H2,(H,37,38). The Labute approximate surface area is 245 Å². The van der Waals surface area contributed by atoms with Gasteiger partial charge in [0, 0.05) is 25.6 Å². The van der Waals surface area contributed by atoms with Crippen LogP contribution >= 0.6 is 0 Å². The van der Waals surface area contributed by atoms with Crippen molar-refractivity contribution in [1.29, 1.82) is 0 Å². The molecule has 0 aromatic heterocycles. The fraction of sp³-hybridized carbons (Fsp3) is 0.516. The normalized spacial score (nSPS) is 22.0. The van der Waals surface area contributed by atoms with E-state index in [1.54, 1.807) is 4.90 Å². The zero-order chi connectivity index (χ0) is 29.3. The SMILES string of the molecule is O=C(O)N1CC(=O)N2CCOCCOCCN(C(=O)C1)C(CC1c3ccccc3-c3ccccc31)COCCOCC2. The molecule has 2 saturated heterocycles. The van der Waals surface area contributed by atoms with Gasteiger partial charge >= 0.3 is 6.09 Å². The number of rotatable bonds is 2. The van der Waals surface area contributed by atoms with Crippen molar-refractivity contribution in [3.05, 3.63) is 59.7 Å². The molecule has 0 radical (unpaired) electrons. The molecule has 2 aromatic rings. The van der Waals surface area contributed by atoms with Crippen LogP contribution in [0.2, 0.25) is 0 Å². The third-order valence-corrected chi connectivity index (χ3v) is 8.05. The molecule has 3 amide bonds. The summed E-state index contributed by atoms with van der Waals surface area (Å²) >= 11 is 0. The molecule has 1 aliphatic carbocycles. The minimum absolute atomic E-state index is 0.0220. The fourth-order valence-corrected chi connectivity index (χ4v) is 5.93. The Balaban J connectivity index is 1.47. The van der Waals surface area contributed by atoms with Crippen LogP contribution in [0.1, 0.15) is 23.5 Å². The van der Waals surface area contributed by atoms with Gasteiger partial charge in [0.25, 0.3) is 0 Å². The predicted molar refractivity (Wildman–Crippen MR) is 153 cm³/mol. The van der Waals surface area contributed by atoms with E-state index in [1.807, 2.05) is 24.3 Å². The van der Waals surface area contributed by atoms with Crippen molar-refractivity contribution in [3.8, 4) is 11.1 Å². The molecular weight excluding hydrogens is 542 g/mol. The number of carboxylic acid groups (broad SMARTS) is 1. The van der Waals surface area contributed by atoms with Crippen LogP contribution in [0.15, 0.2) is 48.5 Å². The number of carbonyl (C=O) groups excluding carboxylic acids is 2. The van der Waals surface area contributed by atoms with E-state index in [0.29, 0.717) is 32.8 Å². The van der Waals surface area contributed by atoms with Crippen molar-refractivity contribution in [2.24, 2.45) is 0 Å². The topological polar surface area (TPSA) is 118 Å². The summed E-state index contributed by atoms with van der Waals surface area (Å²) in [6, 6.07) is 16.2. The van der Waals surface area contributed by atoms with Crippen LogP contribution in [-0.4, -0.2) is 129 Å². The molecule has 2 fully saturated rings. The molecule has 1 N–H and O–H groups in total. The number of fused-ring (bicyclic) bond motifs is 9. The average molecular weight is 582 g/mol. The van der Waals surface area contributed by atoms with E-state index in [4.69, 9.17) is 18.9 Å². The van der Waals surface area contributed by atoms with Gasteiger partial charge in [0.1, 0.15) is 13.1 Å². The lowest BCUT2D eigenvalue weighted by Gasteiger charge is -2.35. The number of hydrogen-bond acceptors (Lipinski definition) is 7. The number of hydrogen-bond donors (Lipinski definition) is 1. The molecule has 2 aromatic carbocycles. The Kier molecular flexibility index (Phi) is 10.4.